The van der Waals surface area contributed by atoms with Crippen molar-refractivity contribution in [2.75, 3.05) is 18.4 Å². The normalized spacial score (nSPS) is 17.8. The molecule has 2 heterocycles. The average Bonchev–Trinajstić information content (AvgIpc) is 3.03. The second-order valence-corrected chi connectivity index (χ2v) is 6.74. The predicted molar refractivity (Wildman–Crippen MR) is 97.6 cm³/mol. The molecule has 0 bridgehead atoms. The topological polar surface area (TPSA) is 84.2 Å². The number of rotatable bonds is 5. The first kappa shape index (κ1) is 17.3. The van der Waals surface area contributed by atoms with Crippen LogP contribution in [0, 0.1) is 17.0 Å². The molecule has 2 aromatic rings. The van der Waals surface area contributed by atoms with Gasteiger partial charge in [-0.3, -0.25) is 15.0 Å². The highest BCUT2D eigenvalue weighted by atomic mass is 16.6. The van der Waals surface area contributed by atoms with Gasteiger partial charge < -0.3 is 5.32 Å². The molecule has 0 radical (unpaired) electrons. The summed E-state index contributed by atoms with van der Waals surface area (Å²) in [4.78, 5) is 22.0. The summed E-state index contributed by atoms with van der Waals surface area (Å²) in [6.07, 6.45) is 1.08. The number of nitrogens with one attached hydrogen (secondary N) is 1. The van der Waals surface area contributed by atoms with Gasteiger partial charge in [-0.15, -0.1) is 0 Å². The molecule has 0 amide bonds. The molecule has 7 nitrogen and oxygen atoms in total. The van der Waals surface area contributed by atoms with Crippen LogP contribution in [0.4, 0.5) is 11.5 Å². The zero-order chi connectivity index (χ0) is 18.0. The summed E-state index contributed by atoms with van der Waals surface area (Å²) in [5.41, 5.74) is 1.52. The van der Waals surface area contributed by atoms with Gasteiger partial charge >= 0.3 is 0 Å². The number of aromatic nitrogens is 2. The first-order valence-electron chi connectivity index (χ1n) is 8.53. The lowest BCUT2D eigenvalue weighted by Crippen LogP contribution is -2.31. The smallest absolute Gasteiger partial charge is 0.270 e. The van der Waals surface area contributed by atoms with E-state index < -0.39 is 4.92 Å². The predicted octanol–water partition coefficient (Wildman–Crippen LogP) is 3.25. The molecular formula is C18H23N5O2. The number of nitro benzene ring substituents is 1. The molecule has 1 unspecified atom stereocenters. The Balaban J connectivity index is 1.82. The molecule has 0 spiro atoms. The summed E-state index contributed by atoms with van der Waals surface area (Å²) < 4.78 is 0. The van der Waals surface area contributed by atoms with Crippen LogP contribution in [0.25, 0.3) is 11.4 Å². The van der Waals surface area contributed by atoms with Crippen LogP contribution in [-0.2, 0) is 0 Å². The van der Waals surface area contributed by atoms with Crippen LogP contribution in [-0.4, -0.2) is 45.0 Å². The van der Waals surface area contributed by atoms with Gasteiger partial charge in [0.15, 0.2) is 5.82 Å². The van der Waals surface area contributed by atoms with E-state index in [0.717, 1.165) is 31.0 Å². The standard InChI is InChI=1S/C18H23N5O2/c1-12(2)22-8-7-15(11-22)20-17-9-13(3)19-18(21-17)14-5-4-6-16(10-14)23(24)25/h4-6,9-10,12,15H,7-8,11H2,1-3H3,(H,19,20,21). The highest BCUT2D eigenvalue weighted by Gasteiger charge is 2.24. The second kappa shape index (κ2) is 7.14. The van der Waals surface area contributed by atoms with E-state index in [4.69, 9.17) is 0 Å². The van der Waals surface area contributed by atoms with Gasteiger partial charge in [-0.25, -0.2) is 9.97 Å². The van der Waals surface area contributed by atoms with Crippen LogP contribution in [0.15, 0.2) is 30.3 Å². The van der Waals surface area contributed by atoms with Crippen molar-refractivity contribution in [3.63, 3.8) is 0 Å². The van der Waals surface area contributed by atoms with Crippen molar-refractivity contribution < 1.29 is 4.92 Å². The quantitative estimate of drug-likeness (QED) is 0.664. The van der Waals surface area contributed by atoms with Crippen LogP contribution in [0.1, 0.15) is 26.0 Å². The lowest BCUT2D eigenvalue weighted by atomic mass is 10.2. The fraction of sp³-hybridized carbons (Fsp3) is 0.444. The lowest BCUT2D eigenvalue weighted by molar-refractivity contribution is -0.384. The minimum Gasteiger partial charge on any atom is -0.366 e. The van der Waals surface area contributed by atoms with E-state index in [0.29, 0.717) is 23.5 Å². The number of benzene rings is 1. The maximum atomic E-state index is 11.0. The molecule has 0 saturated carbocycles. The van der Waals surface area contributed by atoms with Gasteiger partial charge in [-0.05, 0) is 27.2 Å². The largest absolute Gasteiger partial charge is 0.366 e. The third-order valence-corrected chi connectivity index (χ3v) is 4.47. The maximum Gasteiger partial charge on any atom is 0.270 e. The Morgan fingerprint density at radius 3 is 2.80 bits per heavy atom. The Bertz CT molecular complexity index is 778. The van der Waals surface area contributed by atoms with Crippen molar-refractivity contribution in [1.29, 1.82) is 0 Å². The third-order valence-electron chi connectivity index (χ3n) is 4.47. The Morgan fingerprint density at radius 2 is 2.12 bits per heavy atom. The molecule has 1 aliphatic rings. The summed E-state index contributed by atoms with van der Waals surface area (Å²) in [6.45, 7) is 8.39. The molecule has 1 atom stereocenters. The van der Waals surface area contributed by atoms with Crippen LogP contribution in [0.5, 0.6) is 0 Å². The first-order valence-corrected chi connectivity index (χ1v) is 8.53. The van der Waals surface area contributed by atoms with Crippen LogP contribution in [0.2, 0.25) is 0 Å². The molecule has 1 saturated heterocycles. The zero-order valence-corrected chi connectivity index (χ0v) is 14.8. The molecule has 1 aromatic heterocycles. The van der Waals surface area contributed by atoms with E-state index in [1.54, 1.807) is 12.1 Å². The SMILES string of the molecule is Cc1cc(NC2CCN(C(C)C)C2)nc(-c2cccc([N+](=O)[O-])c2)n1. The summed E-state index contributed by atoms with van der Waals surface area (Å²) in [6, 6.07) is 9.24. The number of hydrogen-bond acceptors (Lipinski definition) is 6. The minimum atomic E-state index is -0.405. The van der Waals surface area contributed by atoms with Gasteiger partial charge in [0.2, 0.25) is 0 Å². The second-order valence-electron chi connectivity index (χ2n) is 6.74. The van der Waals surface area contributed by atoms with Gasteiger partial charge in [0.05, 0.1) is 4.92 Å². The number of hydrogen-bond donors (Lipinski definition) is 1. The molecule has 1 aliphatic heterocycles. The fourth-order valence-electron chi connectivity index (χ4n) is 3.11. The van der Waals surface area contributed by atoms with Crippen molar-refractivity contribution in [1.82, 2.24) is 14.9 Å². The van der Waals surface area contributed by atoms with E-state index in [1.807, 2.05) is 13.0 Å². The average molecular weight is 341 g/mol. The van der Waals surface area contributed by atoms with Gasteiger partial charge in [-0.2, -0.15) is 0 Å². The molecule has 7 heteroatoms. The number of non-ortho nitro benzene ring substituents is 1. The minimum absolute atomic E-state index is 0.0421. The number of anilines is 1. The Morgan fingerprint density at radius 1 is 1.32 bits per heavy atom. The van der Waals surface area contributed by atoms with Gasteiger partial charge in [0.25, 0.3) is 5.69 Å². The van der Waals surface area contributed by atoms with E-state index in [1.165, 1.54) is 12.1 Å². The van der Waals surface area contributed by atoms with Crippen molar-refractivity contribution in [2.24, 2.45) is 0 Å². The van der Waals surface area contributed by atoms with Crippen molar-refractivity contribution >= 4 is 11.5 Å². The van der Waals surface area contributed by atoms with E-state index >= 15 is 0 Å². The molecule has 25 heavy (non-hydrogen) atoms. The summed E-state index contributed by atoms with van der Waals surface area (Å²) in [7, 11) is 0. The van der Waals surface area contributed by atoms with Gasteiger partial charge in [0.1, 0.15) is 5.82 Å². The Kier molecular flexibility index (Phi) is 4.94. The summed E-state index contributed by atoms with van der Waals surface area (Å²) >= 11 is 0. The first-order chi connectivity index (χ1) is 11.9. The third kappa shape index (κ3) is 4.11. The maximum absolute atomic E-state index is 11.0. The number of nitrogens with zero attached hydrogens (tertiary/aromatic N) is 4. The van der Waals surface area contributed by atoms with Crippen molar-refractivity contribution in [3.8, 4) is 11.4 Å². The van der Waals surface area contributed by atoms with E-state index in [-0.39, 0.29) is 5.69 Å². The summed E-state index contributed by atoms with van der Waals surface area (Å²) in [5, 5.41) is 14.5. The van der Waals surface area contributed by atoms with Gasteiger partial charge in [0, 0.05) is 54.6 Å². The molecule has 1 N–H and O–H groups in total. The zero-order valence-electron chi connectivity index (χ0n) is 14.8. The number of likely N-dealkylation sites (tertiary alicyclic amines) is 1. The highest BCUT2D eigenvalue weighted by Crippen LogP contribution is 2.23. The fourth-order valence-corrected chi connectivity index (χ4v) is 3.11. The molecule has 1 fully saturated rings. The number of aryl methyl sites for hydroxylation is 1. The Hall–Kier alpha value is -2.54. The van der Waals surface area contributed by atoms with Gasteiger partial charge in [-0.1, -0.05) is 12.1 Å². The van der Waals surface area contributed by atoms with E-state index in [9.17, 15) is 10.1 Å². The molecule has 3 rings (SSSR count). The molecular weight excluding hydrogens is 318 g/mol. The highest BCUT2D eigenvalue weighted by molar-refractivity contribution is 5.61. The molecule has 132 valence electrons. The van der Waals surface area contributed by atoms with Crippen LogP contribution in [0.3, 0.4) is 0 Å². The lowest BCUT2D eigenvalue weighted by Gasteiger charge is -2.20. The molecule has 0 aliphatic carbocycles. The Labute approximate surface area is 147 Å². The van der Waals surface area contributed by atoms with Crippen molar-refractivity contribution in [3.05, 3.63) is 46.1 Å². The molecule has 1 aromatic carbocycles. The van der Waals surface area contributed by atoms with E-state index in [2.05, 4.69) is 34.0 Å². The van der Waals surface area contributed by atoms with Crippen molar-refractivity contribution in [2.45, 2.75) is 39.3 Å². The van der Waals surface area contributed by atoms with Crippen LogP contribution < -0.4 is 5.32 Å². The monoisotopic (exact) mass is 341 g/mol. The number of nitro groups is 1. The summed E-state index contributed by atoms with van der Waals surface area (Å²) in [5.74, 6) is 1.27. The van der Waals surface area contributed by atoms with Crippen LogP contribution >= 0.6 is 0 Å².